The zero-order chi connectivity index (χ0) is 14.8. The second-order valence-electron chi connectivity index (χ2n) is 6.24. The van der Waals surface area contributed by atoms with Crippen LogP contribution >= 0.6 is 0 Å². The van der Waals surface area contributed by atoms with E-state index in [2.05, 4.69) is 24.4 Å². The Labute approximate surface area is 126 Å². The number of rotatable bonds is 4. The van der Waals surface area contributed by atoms with E-state index in [0.29, 0.717) is 6.54 Å². The standard InChI is InChI=1S/C17H25NO3/c1-11-7-12-8-16(20-2)13(9-17(12)21-11)10-18-14-5-3-4-6-15(14)19/h8-9,11,14-15,18-19H,3-7,10H2,1-2H3. The first-order valence-electron chi connectivity index (χ1n) is 7.95. The van der Waals surface area contributed by atoms with Crippen LogP contribution in [0.25, 0.3) is 0 Å². The van der Waals surface area contributed by atoms with Gasteiger partial charge in [-0.15, -0.1) is 0 Å². The van der Waals surface area contributed by atoms with Crippen LogP contribution in [-0.2, 0) is 13.0 Å². The van der Waals surface area contributed by atoms with Gasteiger partial charge >= 0.3 is 0 Å². The van der Waals surface area contributed by atoms with Gasteiger partial charge in [0.2, 0.25) is 0 Å². The number of aliphatic hydroxyl groups is 1. The van der Waals surface area contributed by atoms with Crippen LogP contribution in [0.3, 0.4) is 0 Å². The Morgan fingerprint density at radius 2 is 2.14 bits per heavy atom. The molecule has 1 aromatic rings. The molecule has 116 valence electrons. The molecule has 2 aliphatic rings. The minimum atomic E-state index is -0.226. The van der Waals surface area contributed by atoms with Crippen LogP contribution in [0.15, 0.2) is 12.1 Å². The molecule has 1 aliphatic carbocycles. The Morgan fingerprint density at radius 1 is 1.33 bits per heavy atom. The minimum absolute atomic E-state index is 0.191. The quantitative estimate of drug-likeness (QED) is 0.894. The Balaban J connectivity index is 1.71. The molecule has 3 rings (SSSR count). The fraction of sp³-hybridized carbons (Fsp3) is 0.647. The Kier molecular flexibility index (Phi) is 4.36. The Hall–Kier alpha value is -1.26. The number of ether oxygens (including phenoxy) is 2. The number of benzene rings is 1. The average Bonchev–Trinajstić information content (AvgIpc) is 2.84. The first-order valence-corrected chi connectivity index (χ1v) is 7.95. The number of fused-ring (bicyclic) bond motifs is 1. The van der Waals surface area contributed by atoms with Crippen molar-refractivity contribution < 1.29 is 14.6 Å². The summed E-state index contributed by atoms with van der Waals surface area (Å²) in [4.78, 5) is 0. The van der Waals surface area contributed by atoms with Crippen molar-refractivity contribution in [2.45, 2.75) is 63.8 Å². The van der Waals surface area contributed by atoms with Crippen LogP contribution in [0, 0.1) is 0 Å². The van der Waals surface area contributed by atoms with E-state index in [4.69, 9.17) is 9.47 Å². The maximum absolute atomic E-state index is 10.0. The lowest BCUT2D eigenvalue weighted by atomic mass is 9.92. The van der Waals surface area contributed by atoms with E-state index in [1.165, 1.54) is 12.0 Å². The molecule has 0 bridgehead atoms. The normalized spacial score (nSPS) is 28.0. The van der Waals surface area contributed by atoms with Gasteiger partial charge in [-0.3, -0.25) is 0 Å². The van der Waals surface area contributed by atoms with Crippen LogP contribution in [0.4, 0.5) is 0 Å². The lowest BCUT2D eigenvalue weighted by Gasteiger charge is -2.28. The lowest BCUT2D eigenvalue weighted by Crippen LogP contribution is -2.41. The summed E-state index contributed by atoms with van der Waals surface area (Å²) in [5.74, 6) is 1.88. The van der Waals surface area contributed by atoms with E-state index in [-0.39, 0.29) is 18.2 Å². The van der Waals surface area contributed by atoms with Gasteiger partial charge < -0.3 is 19.9 Å². The van der Waals surface area contributed by atoms with Crippen molar-refractivity contribution in [2.24, 2.45) is 0 Å². The van der Waals surface area contributed by atoms with Gasteiger partial charge in [-0.25, -0.2) is 0 Å². The minimum Gasteiger partial charge on any atom is -0.496 e. The van der Waals surface area contributed by atoms with Crippen LogP contribution < -0.4 is 14.8 Å². The summed E-state index contributed by atoms with van der Waals surface area (Å²) < 4.78 is 11.3. The topological polar surface area (TPSA) is 50.7 Å². The third-order valence-corrected chi connectivity index (χ3v) is 4.58. The summed E-state index contributed by atoms with van der Waals surface area (Å²) in [6.45, 7) is 2.79. The summed E-state index contributed by atoms with van der Waals surface area (Å²) >= 11 is 0. The molecule has 1 aliphatic heterocycles. The van der Waals surface area contributed by atoms with E-state index < -0.39 is 0 Å². The van der Waals surface area contributed by atoms with Gasteiger partial charge in [0.25, 0.3) is 0 Å². The molecule has 1 saturated carbocycles. The van der Waals surface area contributed by atoms with Crippen molar-refractivity contribution in [3.63, 3.8) is 0 Å². The van der Waals surface area contributed by atoms with Crippen molar-refractivity contribution in [3.8, 4) is 11.5 Å². The van der Waals surface area contributed by atoms with Crippen molar-refractivity contribution in [1.82, 2.24) is 5.32 Å². The summed E-state index contributed by atoms with van der Waals surface area (Å²) in [6.07, 6.45) is 5.23. The van der Waals surface area contributed by atoms with Crippen LogP contribution in [0.2, 0.25) is 0 Å². The number of nitrogens with one attached hydrogen (secondary N) is 1. The Morgan fingerprint density at radius 3 is 2.90 bits per heavy atom. The predicted molar refractivity (Wildman–Crippen MR) is 81.9 cm³/mol. The second kappa shape index (κ2) is 6.24. The number of aliphatic hydroxyl groups excluding tert-OH is 1. The molecule has 21 heavy (non-hydrogen) atoms. The summed E-state index contributed by atoms with van der Waals surface area (Å²) in [5, 5.41) is 13.5. The van der Waals surface area contributed by atoms with E-state index in [0.717, 1.165) is 42.7 Å². The molecule has 4 heteroatoms. The molecule has 1 aromatic carbocycles. The molecular weight excluding hydrogens is 266 g/mol. The van der Waals surface area contributed by atoms with Gasteiger partial charge in [0.1, 0.15) is 17.6 Å². The highest BCUT2D eigenvalue weighted by molar-refractivity contribution is 5.48. The molecule has 0 radical (unpaired) electrons. The molecule has 0 spiro atoms. The Bertz CT molecular complexity index is 503. The monoisotopic (exact) mass is 291 g/mol. The van der Waals surface area contributed by atoms with E-state index >= 15 is 0 Å². The van der Waals surface area contributed by atoms with E-state index in [9.17, 15) is 5.11 Å². The van der Waals surface area contributed by atoms with Crippen LogP contribution in [-0.4, -0.2) is 30.5 Å². The zero-order valence-corrected chi connectivity index (χ0v) is 12.9. The average molecular weight is 291 g/mol. The van der Waals surface area contributed by atoms with Crippen molar-refractivity contribution in [1.29, 1.82) is 0 Å². The molecule has 0 amide bonds. The smallest absolute Gasteiger partial charge is 0.123 e. The molecule has 3 atom stereocenters. The van der Waals surface area contributed by atoms with E-state index in [1.807, 2.05) is 0 Å². The first-order chi connectivity index (χ1) is 10.2. The number of hydrogen-bond acceptors (Lipinski definition) is 4. The third kappa shape index (κ3) is 3.16. The van der Waals surface area contributed by atoms with Crippen molar-refractivity contribution >= 4 is 0 Å². The van der Waals surface area contributed by atoms with Crippen LogP contribution in [0.1, 0.15) is 43.7 Å². The predicted octanol–water partition coefficient (Wildman–Crippen LogP) is 2.41. The summed E-state index contributed by atoms with van der Waals surface area (Å²) in [6, 6.07) is 4.36. The number of methoxy groups -OCH3 is 1. The molecule has 3 unspecified atom stereocenters. The highest BCUT2D eigenvalue weighted by atomic mass is 16.5. The van der Waals surface area contributed by atoms with Crippen molar-refractivity contribution in [3.05, 3.63) is 23.3 Å². The lowest BCUT2D eigenvalue weighted by molar-refractivity contribution is 0.0901. The van der Waals surface area contributed by atoms with Gasteiger partial charge in [0, 0.05) is 30.1 Å². The summed E-state index contributed by atoms with van der Waals surface area (Å²) in [5.41, 5.74) is 2.32. The van der Waals surface area contributed by atoms with E-state index in [1.54, 1.807) is 7.11 Å². The molecular formula is C17H25NO3. The largest absolute Gasteiger partial charge is 0.496 e. The fourth-order valence-corrected chi connectivity index (χ4v) is 3.40. The number of hydrogen-bond donors (Lipinski definition) is 2. The highest BCUT2D eigenvalue weighted by Crippen LogP contribution is 2.35. The SMILES string of the molecule is COc1cc2c(cc1CNC1CCCCC1O)OC(C)C2. The zero-order valence-electron chi connectivity index (χ0n) is 12.9. The van der Waals surface area contributed by atoms with Gasteiger partial charge in [-0.05, 0) is 31.9 Å². The summed E-state index contributed by atoms with van der Waals surface area (Å²) in [7, 11) is 1.71. The molecule has 2 N–H and O–H groups in total. The molecule has 4 nitrogen and oxygen atoms in total. The van der Waals surface area contributed by atoms with Gasteiger partial charge in [-0.2, -0.15) is 0 Å². The molecule has 1 fully saturated rings. The van der Waals surface area contributed by atoms with Gasteiger partial charge in [-0.1, -0.05) is 12.8 Å². The molecule has 0 aromatic heterocycles. The van der Waals surface area contributed by atoms with Gasteiger partial charge in [0.05, 0.1) is 13.2 Å². The fourth-order valence-electron chi connectivity index (χ4n) is 3.40. The van der Waals surface area contributed by atoms with Crippen molar-refractivity contribution in [2.75, 3.05) is 7.11 Å². The van der Waals surface area contributed by atoms with Crippen LogP contribution in [0.5, 0.6) is 11.5 Å². The maximum atomic E-state index is 10.0. The third-order valence-electron chi connectivity index (χ3n) is 4.58. The second-order valence-corrected chi connectivity index (χ2v) is 6.24. The highest BCUT2D eigenvalue weighted by Gasteiger charge is 2.24. The first kappa shape index (κ1) is 14.7. The maximum Gasteiger partial charge on any atom is 0.123 e. The van der Waals surface area contributed by atoms with Gasteiger partial charge in [0.15, 0.2) is 0 Å². The molecule has 0 saturated heterocycles. The molecule has 1 heterocycles.